The van der Waals surface area contributed by atoms with Crippen LogP contribution in [0.1, 0.15) is 18.1 Å². The number of carbonyl (C=O) groups excluding carboxylic acids is 1. The Morgan fingerprint density at radius 3 is 2.43 bits per heavy atom. The lowest BCUT2D eigenvalue weighted by atomic mass is 10.2. The fourth-order valence-corrected chi connectivity index (χ4v) is 2.10. The van der Waals surface area contributed by atoms with Gasteiger partial charge in [-0.25, -0.2) is 0 Å². The first kappa shape index (κ1) is 15.4. The molecule has 0 bridgehead atoms. The van der Waals surface area contributed by atoms with E-state index in [0.717, 1.165) is 16.8 Å². The SMILES string of the molecule is Cc1ccc(NC(=O)[C@H](C)Oc2ccc(Cl)cc2C)cc1. The molecule has 110 valence electrons. The highest BCUT2D eigenvalue weighted by Crippen LogP contribution is 2.23. The van der Waals surface area contributed by atoms with Crippen molar-refractivity contribution >= 4 is 23.2 Å². The molecule has 0 spiro atoms. The van der Waals surface area contributed by atoms with Gasteiger partial charge in [0.15, 0.2) is 6.10 Å². The van der Waals surface area contributed by atoms with Crippen LogP contribution < -0.4 is 10.1 Å². The highest BCUT2D eigenvalue weighted by molar-refractivity contribution is 6.30. The first-order valence-corrected chi connectivity index (χ1v) is 7.14. The Balaban J connectivity index is 2.00. The quantitative estimate of drug-likeness (QED) is 0.911. The van der Waals surface area contributed by atoms with E-state index in [1.807, 2.05) is 44.2 Å². The first-order valence-electron chi connectivity index (χ1n) is 6.76. The van der Waals surface area contributed by atoms with E-state index in [2.05, 4.69) is 5.32 Å². The van der Waals surface area contributed by atoms with Crippen LogP contribution in [0.3, 0.4) is 0 Å². The van der Waals surface area contributed by atoms with Crippen LogP contribution in [0.25, 0.3) is 0 Å². The summed E-state index contributed by atoms with van der Waals surface area (Å²) >= 11 is 5.90. The predicted octanol–water partition coefficient (Wildman–Crippen LogP) is 4.36. The minimum Gasteiger partial charge on any atom is -0.481 e. The van der Waals surface area contributed by atoms with E-state index < -0.39 is 6.10 Å². The second-order valence-electron chi connectivity index (χ2n) is 5.03. The largest absolute Gasteiger partial charge is 0.481 e. The van der Waals surface area contributed by atoms with Gasteiger partial charge < -0.3 is 10.1 Å². The number of amides is 1. The fourth-order valence-electron chi connectivity index (χ4n) is 1.87. The molecule has 0 saturated heterocycles. The lowest BCUT2D eigenvalue weighted by Gasteiger charge is -2.16. The molecule has 21 heavy (non-hydrogen) atoms. The summed E-state index contributed by atoms with van der Waals surface area (Å²) in [5, 5.41) is 3.48. The van der Waals surface area contributed by atoms with Crippen LogP contribution in [0.2, 0.25) is 5.02 Å². The second kappa shape index (κ2) is 6.64. The van der Waals surface area contributed by atoms with Gasteiger partial charge in [0.05, 0.1) is 0 Å². The lowest BCUT2D eigenvalue weighted by Crippen LogP contribution is -2.30. The van der Waals surface area contributed by atoms with Crippen molar-refractivity contribution in [3.63, 3.8) is 0 Å². The van der Waals surface area contributed by atoms with E-state index in [1.165, 1.54) is 0 Å². The van der Waals surface area contributed by atoms with Crippen LogP contribution in [-0.2, 0) is 4.79 Å². The minimum atomic E-state index is -0.592. The summed E-state index contributed by atoms with van der Waals surface area (Å²) in [6, 6.07) is 13.0. The molecule has 2 aromatic rings. The lowest BCUT2D eigenvalue weighted by molar-refractivity contribution is -0.122. The van der Waals surface area contributed by atoms with Crippen molar-refractivity contribution in [3.05, 3.63) is 58.6 Å². The van der Waals surface area contributed by atoms with Gasteiger partial charge in [-0.1, -0.05) is 29.3 Å². The van der Waals surface area contributed by atoms with Crippen molar-refractivity contribution < 1.29 is 9.53 Å². The Morgan fingerprint density at radius 1 is 1.14 bits per heavy atom. The Bertz CT molecular complexity index is 638. The number of aryl methyl sites for hydroxylation is 2. The molecule has 2 aromatic carbocycles. The van der Waals surface area contributed by atoms with Gasteiger partial charge >= 0.3 is 0 Å². The summed E-state index contributed by atoms with van der Waals surface area (Å²) in [6.45, 7) is 5.62. The van der Waals surface area contributed by atoms with Gasteiger partial charge in [0, 0.05) is 10.7 Å². The van der Waals surface area contributed by atoms with Gasteiger partial charge in [0.2, 0.25) is 0 Å². The van der Waals surface area contributed by atoms with Crippen molar-refractivity contribution in [1.29, 1.82) is 0 Å². The highest BCUT2D eigenvalue weighted by Gasteiger charge is 2.15. The summed E-state index contributed by atoms with van der Waals surface area (Å²) in [5.74, 6) is 0.471. The molecule has 3 nitrogen and oxygen atoms in total. The van der Waals surface area contributed by atoms with Crippen LogP contribution in [-0.4, -0.2) is 12.0 Å². The Morgan fingerprint density at radius 2 is 1.81 bits per heavy atom. The number of nitrogens with one attached hydrogen (secondary N) is 1. The molecule has 0 aliphatic rings. The molecule has 0 saturated carbocycles. The van der Waals surface area contributed by atoms with Crippen LogP contribution in [0, 0.1) is 13.8 Å². The van der Waals surface area contributed by atoms with Crippen LogP contribution in [0.5, 0.6) is 5.75 Å². The van der Waals surface area contributed by atoms with E-state index in [1.54, 1.807) is 19.1 Å². The van der Waals surface area contributed by atoms with Crippen LogP contribution in [0.15, 0.2) is 42.5 Å². The molecular formula is C17H18ClNO2. The summed E-state index contributed by atoms with van der Waals surface area (Å²) in [4.78, 5) is 12.1. The third kappa shape index (κ3) is 4.23. The van der Waals surface area contributed by atoms with Crippen LogP contribution >= 0.6 is 11.6 Å². The van der Waals surface area contributed by atoms with E-state index >= 15 is 0 Å². The van der Waals surface area contributed by atoms with Crippen molar-refractivity contribution in [3.8, 4) is 5.75 Å². The zero-order valence-corrected chi connectivity index (χ0v) is 13.1. The molecule has 0 radical (unpaired) electrons. The number of anilines is 1. The Labute approximate surface area is 129 Å². The molecule has 1 amide bonds. The second-order valence-corrected chi connectivity index (χ2v) is 5.46. The maximum absolute atomic E-state index is 12.1. The van der Waals surface area contributed by atoms with Crippen molar-refractivity contribution in [1.82, 2.24) is 0 Å². The standard InChI is InChI=1S/C17H18ClNO2/c1-11-4-7-15(8-5-11)19-17(20)13(3)21-16-9-6-14(18)10-12(16)2/h4-10,13H,1-3H3,(H,19,20)/t13-/m0/s1. The number of ether oxygens (including phenoxy) is 1. The maximum atomic E-state index is 12.1. The van der Waals surface area contributed by atoms with E-state index in [-0.39, 0.29) is 5.91 Å². The Kier molecular flexibility index (Phi) is 4.86. The molecule has 0 aliphatic heterocycles. The van der Waals surface area contributed by atoms with Crippen LogP contribution in [0.4, 0.5) is 5.69 Å². The molecule has 4 heteroatoms. The van der Waals surface area contributed by atoms with Gasteiger partial charge in [-0.05, 0) is 56.7 Å². The number of benzene rings is 2. The van der Waals surface area contributed by atoms with Gasteiger partial charge in [-0.15, -0.1) is 0 Å². The molecule has 0 aromatic heterocycles. The summed E-state index contributed by atoms with van der Waals surface area (Å²) in [5.41, 5.74) is 2.81. The zero-order valence-electron chi connectivity index (χ0n) is 12.3. The van der Waals surface area contributed by atoms with Gasteiger partial charge in [-0.2, -0.15) is 0 Å². The van der Waals surface area contributed by atoms with Crippen molar-refractivity contribution in [2.24, 2.45) is 0 Å². The molecule has 0 fully saturated rings. The van der Waals surface area contributed by atoms with Gasteiger partial charge in [0.1, 0.15) is 5.75 Å². The smallest absolute Gasteiger partial charge is 0.265 e. The van der Waals surface area contributed by atoms with Gasteiger partial charge in [0.25, 0.3) is 5.91 Å². The first-order chi connectivity index (χ1) is 9.95. The summed E-state index contributed by atoms with van der Waals surface area (Å²) < 4.78 is 5.69. The third-order valence-corrected chi connectivity index (χ3v) is 3.36. The summed E-state index contributed by atoms with van der Waals surface area (Å²) in [6.07, 6.45) is -0.592. The molecule has 2 rings (SSSR count). The highest BCUT2D eigenvalue weighted by atomic mass is 35.5. The average Bonchev–Trinajstić information content (AvgIpc) is 2.44. The number of rotatable bonds is 4. The number of hydrogen-bond donors (Lipinski definition) is 1. The maximum Gasteiger partial charge on any atom is 0.265 e. The predicted molar refractivity (Wildman–Crippen MR) is 86.1 cm³/mol. The normalized spacial score (nSPS) is 11.8. The monoisotopic (exact) mass is 303 g/mol. The van der Waals surface area contributed by atoms with E-state index in [4.69, 9.17) is 16.3 Å². The van der Waals surface area contributed by atoms with Crippen molar-refractivity contribution in [2.75, 3.05) is 5.32 Å². The molecule has 0 aliphatic carbocycles. The minimum absolute atomic E-state index is 0.187. The number of hydrogen-bond acceptors (Lipinski definition) is 2. The molecule has 1 N–H and O–H groups in total. The van der Waals surface area contributed by atoms with Gasteiger partial charge in [-0.3, -0.25) is 4.79 Å². The topological polar surface area (TPSA) is 38.3 Å². The Hall–Kier alpha value is -2.00. The van der Waals surface area contributed by atoms with E-state index in [0.29, 0.717) is 10.8 Å². The number of carbonyl (C=O) groups is 1. The molecular weight excluding hydrogens is 286 g/mol. The van der Waals surface area contributed by atoms with Crippen molar-refractivity contribution in [2.45, 2.75) is 26.9 Å². The zero-order chi connectivity index (χ0) is 15.4. The number of halogens is 1. The third-order valence-electron chi connectivity index (χ3n) is 3.13. The molecule has 0 unspecified atom stereocenters. The molecule has 0 heterocycles. The fraction of sp³-hybridized carbons (Fsp3) is 0.235. The van der Waals surface area contributed by atoms with E-state index in [9.17, 15) is 4.79 Å². The summed E-state index contributed by atoms with van der Waals surface area (Å²) in [7, 11) is 0. The molecule has 1 atom stereocenters. The average molecular weight is 304 g/mol.